The summed E-state index contributed by atoms with van der Waals surface area (Å²) in [6.45, 7) is 1.20. The smallest absolute Gasteiger partial charge is 0.341 e. The van der Waals surface area contributed by atoms with E-state index in [2.05, 4.69) is 0 Å². The van der Waals surface area contributed by atoms with Crippen molar-refractivity contribution >= 4 is 40.8 Å². The molecule has 2 aromatic carbocycles. The van der Waals surface area contributed by atoms with Gasteiger partial charge in [-0.05, 0) is 31.2 Å². The molecule has 1 amide bonds. The van der Waals surface area contributed by atoms with Gasteiger partial charge in [0.2, 0.25) is 0 Å². The molecule has 9 heteroatoms. The van der Waals surface area contributed by atoms with E-state index in [1.54, 1.807) is 0 Å². The third-order valence-corrected chi connectivity index (χ3v) is 3.74. The van der Waals surface area contributed by atoms with E-state index in [0.29, 0.717) is 6.07 Å². The first kappa shape index (κ1) is 19.1. The fourth-order valence-corrected chi connectivity index (χ4v) is 2.37. The molecule has 0 saturated heterocycles. The Bertz CT molecular complexity index is 825. The molecule has 2 rings (SSSR count). The molecule has 1 N–H and O–H groups in total. The zero-order valence-electron chi connectivity index (χ0n) is 12.6. The van der Waals surface area contributed by atoms with Crippen molar-refractivity contribution in [3.05, 3.63) is 63.4 Å². The maximum atomic E-state index is 13.5. The molecule has 0 aliphatic carbocycles. The largest absolute Gasteiger partial charge is 0.449 e. The van der Waals surface area contributed by atoms with Gasteiger partial charge in [-0.3, -0.25) is 4.79 Å². The van der Waals surface area contributed by atoms with E-state index in [0.717, 1.165) is 6.07 Å². The van der Waals surface area contributed by atoms with E-state index in [-0.39, 0.29) is 15.6 Å². The van der Waals surface area contributed by atoms with Gasteiger partial charge < -0.3 is 10.1 Å². The highest BCUT2D eigenvalue weighted by Gasteiger charge is 2.24. The molecule has 1 unspecified atom stereocenters. The number of hydrogen-bond acceptors (Lipinski definition) is 3. The minimum Gasteiger partial charge on any atom is -0.449 e. The van der Waals surface area contributed by atoms with Gasteiger partial charge in [-0.15, -0.1) is 0 Å². The second kappa shape index (κ2) is 7.76. The number of amides is 1. The van der Waals surface area contributed by atoms with Crippen LogP contribution < -0.4 is 5.32 Å². The topological polar surface area (TPSA) is 55.4 Å². The van der Waals surface area contributed by atoms with Gasteiger partial charge in [0, 0.05) is 0 Å². The number of carbonyl (C=O) groups is 2. The Balaban J connectivity index is 2.11. The van der Waals surface area contributed by atoms with Crippen LogP contribution in [0.1, 0.15) is 17.3 Å². The van der Waals surface area contributed by atoms with Crippen LogP contribution in [0.4, 0.5) is 18.9 Å². The fraction of sp³-hybridized carbons (Fsp3) is 0.125. The van der Waals surface area contributed by atoms with E-state index < -0.39 is 41.1 Å². The van der Waals surface area contributed by atoms with Crippen LogP contribution in [0.5, 0.6) is 0 Å². The summed E-state index contributed by atoms with van der Waals surface area (Å²) in [5.41, 5.74) is -0.730. The van der Waals surface area contributed by atoms with Crippen LogP contribution in [-0.2, 0) is 9.53 Å². The number of esters is 1. The predicted octanol–water partition coefficient (Wildman–Crippen LogP) is 4.59. The highest BCUT2D eigenvalue weighted by Crippen LogP contribution is 2.25. The summed E-state index contributed by atoms with van der Waals surface area (Å²) in [4.78, 5) is 24.0. The van der Waals surface area contributed by atoms with Crippen LogP contribution in [0.25, 0.3) is 0 Å². The zero-order valence-corrected chi connectivity index (χ0v) is 14.1. The van der Waals surface area contributed by atoms with Gasteiger partial charge >= 0.3 is 5.97 Å². The van der Waals surface area contributed by atoms with Crippen LogP contribution in [0.15, 0.2) is 30.3 Å². The minimum atomic E-state index is -1.73. The lowest BCUT2D eigenvalue weighted by atomic mass is 10.2. The number of halogens is 5. The average molecular weight is 392 g/mol. The Kier molecular flexibility index (Phi) is 5.92. The quantitative estimate of drug-likeness (QED) is 0.612. The van der Waals surface area contributed by atoms with E-state index in [4.69, 9.17) is 27.9 Å². The molecular weight excluding hydrogens is 382 g/mol. The Morgan fingerprint density at radius 3 is 2.24 bits per heavy atom. The Hall–Kier alpha value is -2.25. The number of rotatable bonds is 4. The van der Waals surface area contributed by atoms with E-state index in [1.165, 1.54) is 25.1 Å². The van der Waals surface area contributed by atoms with Crippen molar-refractivity contribution < 1.29 is 27.5 Å². The molecule has 2 aromatic rings. The van der Waals surface area contributed by atoms with Crippen LogP contribution in [0.2, 0.25) is 10.0 Å². The first-order valence-corrected chi connectivity index (χ1v) is 7.57. The minimum absolute atomic E-state index is 0.0248. The highest BCUT2D eigenvalue weighted by molar-refractivity contribution is 6.39. The molecule has 0 fully saturated rings. The molecule has 0 aromatic heterocycles. The van der Waals surface area contributed by atoms with E-state index >= 15 is 0 Å². The number of nitrogens with one attached hydrogen (secondary N) is 1. The number of ether oxygens (including phenoxy) is 1. The predicted molar refractivity (Wildman–Crippen MR) is 86.3 cm³/mol. The summed E-state index contributed by atoms with van der Waals surface area (Å²) < 4.78 is 44.5. The summed E-state index contributed by atoms with van der Waals surface area (Å²) in [5, 5.41) is 2.05. The summed E-state index contributed by atoms with van der Waals surface area (Å²) in [5.74, 6) is -6.62. The van der Waals surface area contributed by atoms with E-state index in [9.17, 15) is 22.8 Å². The summed E-state index contributed by atoms with van der Waals surface area (Å²) in [6.07, 6.45) is -1.38. The second-order valence-corrected chi connectivity index (χ2v) is 5.67. The van der Waals surface area contributed by atoms with Crippen LogP contribution >= 0.6 is 23.2 Å². The standard InChI is InChI=1S/C16H10Cl2F3NO3/c1-7(25-16(24)12-8(17)3-2-4-9(12)18)15(23)22-11-6-5-10(19)13(20)14(11)21/h2-7H,1H3,(H,22,23). The Morgan fingerprint density at radius 1 is 1.04 bits per heavy atom. The molecule has 0 aliphatic heterocycles. The molecule has 132 valence electrons. The molecule has 0 radical (unpaired) electrons. The molecule has 0 bridgehead atoms. The summed E-state index contributed by atoms with van der Waals surface area (Å²) >= 11 is 11.7. The number of hydrogen-bond donors (Lipinski definition) is 1. The Morgan fingerprint density at radius 2 is 1.64 bits per heavy atom. The van der Waals surface area contributed by atoms with Gasteiger partial charge in [0.15, 0.2) is 23.6 Å². The first-order chi connectivity index (χ1) is 11.7. The summed E-state index contributed by atoms with van der Waals surface area (Å²) in [7, 11) is 0. The molecule has 4 nitrogen and oxygen atoms in total. The van der Waals surface area contributed by atoms with Gasteiger partial charge in [-0.1, -0.05) is 29.3 Å². The molecule has 1 atom stereocenters. The monoisotopic (exact) mass is 391 g/mol. The number of anilines is 1. The van der Waals surface area contributed by atoms with Gasteiger partial charge in [0.25, 0.3) is 5.91 Å². The van der Waals surface area contributed by atoms with Gasteiger partial charge in [0.1, 0.15) is 0 Å². The van der Waals surface area contributed by atoms with Crippen molar-refractivity contribution in [3.63, 3.8) is 0 Å². The third-order valence-electron chi connectivity index (χ3n) is 3.11. The zero-order chi connectivity index (χ0) is 18.7. The number of carbonyl (C=O) groups excluding carboxylic acids is 2. The fourth-order valence-electron chi connectivity index (χ4n) is 1.82. The van der Waals surface area contributed by atoms with Gasteiger partial charge in [-0.2, -0.15) is 0 Å². The molecular formula is C16H10Cl2F3NO3. The highest BCUT2D eigenvalue weighted by atomic mass is 35.5. The lowest BCUT2D eigenvalue weighted by Gasteiger charge is -2.15. The lowest BCUT2D eigenvalue weighted by Crippen LogP contribution is -2.30. The maximum Gasteiger partial charge on any atom is 0.341 e. The molecule has 0 spiro atoms. The van der Waals surface area contributed by atoms with Crippen molar-refractivity contribution in [2.75, 3.05) is 5.32 Å². The van der Waals surface area contributed by atoms with Crippen molar-refractivity contribution in [1.82, 2.24) is 0 Å². The van der Waals surface area contributed by atoms with E-state index in [1.807, 2.05) is 5.32 Å². The van der Waals surface area contributed by atoms with Gasteiger partial charge in [0.05, 0.1) is 21.3 Å². The third kappa shape index (κ3) is 4.24. The summed E-state index contributed by atoms with van der Waals surface area (Å²) in [6, 6.07) is 5.82. The Labute approximate surface area is 150 Å². The maximum absolute atomic E-state index is 13.5. The second-order valence-electron chi connectivity index (χ2n) is 4.86. The molecule has 0 heterocycles. The van der Waals surface area contributed by atoms with Crippen molar-refractivity contribution in [2.24, 2.45) is 0 Å². The lowest BCUT2D eigenvalue weighted by molar-refractivity contribution is -0.123. The van der Waals surface area contributed by atoms with Crippen LogP contribution in [0, 0.1) is 17.5 Å². The molecule has 0 aliphatic rings. The van der Waals surface area contributed by atoms with Crippen LogP contribution in [-0.4, -0.2) is 18.0 Å². The normalized spacial score (nSPS) is 11.8. The average Bonchev–Trinajstić information content (AvgIpc) is 2.55. The first-order valence-electron chi connectivity index (χ1n) is 6.81. The molecule has 0 saturated carbocycles. The number of benzene rings is 2. The van der Waals surface area contributed by atoms with Crippen molar-refractivity contribution in [1.29, 1.82) is 0 Å². The van der Waals surface area contributed by atoms with Crippen LogP contribution in [0.3, 0.4) is 0 Å². The van der Waals surface area contributed by atoms with Gasteiger partial charge in [-0.25, -0.2) is 18.0 Å². The van der Waals surface area contributed by atoms with Crippen molar-refractivity contribution in [3.8, 4) is 0 Å². The SMILES string of the molecule is CC(OC(=O)c1c(Cl)cccc1Cl)C(=O)Nc1ccc(F)c(F)c1F. The molecule has 25 heavy (non-hydrogen) atoms. The van der Waals surface area contributed by atoms with Crippen molar-refractivity contribution in [2.45, 2.75) is 13.0 Å².